The number of carboxylic acid groups (broad SMARTS) is 1. The molecule has 2 rings (SSSR count). The van der Waals surface area contributed by atoms with Crippen LogP contribution in [0.1, 0.15) is 21.5 Å². The molecule has 2 aromatic rings. The number of carbonyl (C=O) groups is 1. The van der Waals surface area contributed by atoms with Crippen molar-refractivity contribution in [3.05, 3.63) is 65.0 Å². The molecule has 5 heteroatoms. The monoisotopic (exact) mass is 290 g/mol. The van der Waals surface area contributed by atoms with Gasteiger partial charge in [0.05, 0.1) is 25.9 Å². The highest BCUT2D eigenvalue weighted by atomic mass is 19.1. The zero-order valence-corrected chi connectivity index (χ0v) is 11.5. The van der Waals surface area contributed by atoms with E-state index in [4.69, 9.17) is 14.6 Å². The van der Waals surface area contributed by atoms with E-state index >= 15 is 0 Å². The van der Waals surface area contributed by atoms with E-state index in [-0.39, 0.29) is 24.6 Å². The van der Waals surface area contributed by atoms with Crippen LogP contribution in [0.3, 0.4) is 0 Å². The van der Waals surface area contributed by atoms with E-state index in [9.17, 15) is 9.18 Å². The predicted molar refractivity (Wildman–Crippen MR) is 74.8 cm³/mol. The summed E-state index contributed by atoms with van der Waals surface area (Å²) in [6.45, 7) is 0.242. The third kappa shape index (κ3) is 3.79. The standard InChI is InChI=1S/C16H15FO4/c1-20-15-7-6-11(16(18)19)8-13(15)10-21-9-12-4-2-3-5-14(12)17/h2-8H,9-10H2,1H3,(H,18,19). The van der Waals surface area contributed by atoms with E-state index in [1.165, 1.54) is 25.3 Å². The Morgan fingerprint density at radius 3 is 2.52 bits per heavy atom. The molecule has 0 aliphatic carbocycles. The molecule has 0 amide bonds. The number of ether oxygens (including phenoxy) is 2. The molecule has 0 saturated heterocycles. The summed E-state index contributed by atoms with van der Waals surface area (Å²) in [5.74, 6) is -0.815. The van der Waals surface area contributed by atoms with Crippen LogP contribution >= 0.6 is 0 Å². The molecule has 0 fully saturated rings. The molecule has 0 unspecified atom stereocenters. The summed E-state index contributed by atoms with van der Waals surface area (Å²) in [7, 11) is 1.50. The third-order valence-electron chi connectivity index (χ3n) is 3.00. The third-order valence-corrected chi connectivity index (χ3v) is 3.00. The Hall–Kier alpha value is -2.40. The van der Waals surface area contributed by atoms with Gasteiger partial charge in [0, 0.05) is 11.1 Å². The van der Waals surface area contributed by atoms with Crippen molar-refractivity contribution in [1.82, 2.24) is 0 Å². The molecule has 0 aliphatic rings. The molecule has 110 valence electrons. The molecular formula is C16H15FO4. The van der Waals surface area contributed by atoms with Crippen LogP contribution in [0.15, 0.2) is 42.5 Å². The van der Waals surface area contributed by atoms with Crippen molar-refractivity contribution in [1.29, 1.82) is 0 Å². The Kier molecular flexibility index (Phi) is 4.90. The number of hydrogen-bond donors (Lipinski definition) is 1. The summed E-state index contributed by atoms with van der Waals surface area (Å²) >= 11 is 0. The highest BCUT2D eigenvalue weighted by molar-refractivity contribution is 5.88. The van der Waals surface area contributed by atoms with Gasteiger partial charge in [-0.15, -0.1) is 0 Å². The summed E-state index contributed by atoms with van der Waals surface area (Å²) in [6, 6.07) is 10.9. The molecule has 0 bridgehead atoms. The van der Waals surface area contributed by atoms with Gasteiger partial charge in [0.2, 0.25) is 0 Å². The molecule has 4 nitrogen and oxygen atoms in total. The van der Waals surface area contributed by atoms with Crippen LogP contribution in [0.4, 0.5) is 4.39 Å². The zero-order chi connectivity index (χ0) is 15.2. The topological polar surface area (TPSA) is 55.8 Å². The van der Waals surface area contributed by atoms with Gasteiger partial charge in [-0.25, -0.2) is 9.18 Å². The molecule has 1 N–H and O–H groups in total. The van der Waals surface area contributed by atoms with Crippen LogP contribution < -0.4 is 4.74 Å². The van der Waals surface area contributed by atoms with E-state index in [1.54, 1.807) is 24.3 Å². The SMILES string of the molecule is COc1ccc(C(=O)O)cc1COCc1ccccc1F. The van der Waals surface area contributed by atoms with E-state index in [0.717, 1.165) is 0 Å². The van der Waals surface area contributed by atoms with Crippen LogP contribution in [0.5, 0.6) is 5.75 Å². The number of aromatic carboxylic acids is 1. The molecule has 0 heterocycles. The fraction of sp³-hybridized carbons (Fsp3) is 0.188. The fourth-order valence-corrected chi connectivity index (χ4v) is 1.91. The van der Waals surface area contributed by atoms with Gasteiger partial charge >= 0.3 is 5.97 Å². The van der Waals surface area contributed by atoms with Crippen molar-refractivity contribution >= 4 is 5.97 Å². The minimum atomic E-state index is -1.02. The largest absolute Gasteiger partial charge is 0.496 e. The molecule has 0 saturated carbocycles. The summed E-state index contributed by atoms with van der Waals surface area (Å²) < 4.78 is 24.1. The Balaban J connectivity index is 2.07. The quantitative estimate of drug-likeness (QED) is 0.887. The maximum atomic E-state index is 13.4. The smallest absolute Gasteiger partial charge is 0.335 e. The van der Waals surface area contributed by atoms with Gasteiger partial charge in [0.25, 0.3) is 0 Å². The second-order valence-electron chi connectivity index (χ2n) is 4.42. The van der Waals surface area contributed by atoms with E-state index < -0.39 is 5.97 Å². The van der Waals surface area contributed by atoms with Gasteiger partial charge in [-0.05, 0) is 24.3 Å². The highest BCUT2D eigenvalue weighted by Gasteiger charge is 2.09. The second-order valence-corrected chi connectivity index (χ2v) is 4.42. The highest BCUT2D eigenvalue weighted by Crippen LogP contribution is 2.21. The first kappa shape index (κ1) is 15.0. The minimum Gasteiger partial charge on any atom is -0.496 e. The van der Waals surface area contributed by atoms with Crippen LogP contribution in [0.25, 0.3) is 0 Å². The molecule has 0 radical (unpaired) electrons. The number of benzene rings is 2. The second kappa shape index (κ2) is 6.85. The lowest BCUT2D eigenvalue weighted by molar-refractivity contribution is 0.0696. The van der Waals surface area contributed by atoms with Crippen molar-refractivity contribution < 1.29 is 23.8 Å². The molecule has 0 spiro atoms. The maximum absolute atomic E-state index is 13.4. The van der Waals surface area contributed by atoms with Gasteiger partial charge in [-0.2, -0.15) is 0 Å². The van der Waals surface area contributed by atoms with Gasteiger partial charge in [-0.1, -0.05) is 18.2 Å². The average molecular weight is 290 g/mol. The Bertz CT molecular complexity index is 640. The number of carboxylic acids is 1. The number of methoxy groups -OCH3 is 1. The van der Waals surface area contributed by atoms with E-state index in [2.05, 4.69) is 0 Å². The lowest BCUT2D eigenvalue weighted by Gasteiger charge is -2.10. The first-order chi connectivity index (χ1) is 10.1. The van der Waals surface area contributed by atoms with E-state index in [0.29, 0.717) is 16.9 Å². The first-order valence-corrected chi connectivity index (χ1v) is 6.33. The van der Waals surface area contributed by atoms with Crippen molar-refractivity contribution in [3.8, 4) is 5.75 Å². The van der Waals surface area contributed by atoms with Crippen LogP contribution in [-0.2, 0) is 18.0 Å². The molecule has 0 aliphatic heterocycles. The van der Waals surface area contributed by atoms with Crippen molar-refractivity contribution in [2.24, 2.45) is 0 Å². The van der Waals surface area contributed by atoms with Gasteiger partial charge in [-0.3, -0.25) is 0 Å². The molecule has 2 aromatic carbocycles. The van der Waals surface area contributed by atoms with Gasteiger partial charge < -0.3 is 14.6 Å². The summed E-state index contributed by atoms with van der Waals surface area (Å²) in [5, 5.41) is 8.98. The van der Waals surface area contributed by atoms with Crippen LogP contribution in [0, 0.1) is 5.82 Å². The van der Waals surface area contributed by atoms with Crippen molar-refractivity contribution in [2.75, 3.05) is 7.11 Å². The maximum Gasteiger partial charge on any atom is 0.335 e. The average Bonchev–Trinajstić information content (AvgIpc) is 2.49. The van der Waals surface area contributed by atoms with Gasteiger partial charge in [0.15, 0.2) is 0 Å². The van der Waals surface area contributed by atoms with Crippen molar-refractivity contribution in [2.45, 2.75) is 13.2 Å². The lowest BCUT2D eigenvalue weighted by atomic mass is 10.1. The zero-order valence-electron chi connectivity index (χ0n) is 11.5. The Morgan fingerprint density at radius 1 is 1.14 bits per heavy atom. The van der Waals surface area contributed by atoms with Gasteiger partial charge in [0.1, 0.15) is 11.6 Å². The molecule has 21 heavy (non-hydrogen) atoms. The summed E-state index contributed by atoms with van der Waals surface area (Å²) in [6.07, 6.45) is 0. The minimum absolute atomic E-state index is 0.104. The predicted octanol–water partition coefficient (Wildman–Crippen LogP) is 3.25. The van der Waals surface area contributed by atoms with Crippen molar-refractivity contribution in [3.63, 3.8) is 0 Å². The number of rotatable bonds is 6. The van der Waals surface area contributed by atoms with Crippen LogP contribution in [-0.4, -0.2) is 18.2 Å². The van der Waals surface area contributed by atoms with E-state index in [1.807, 2.05) is 0 Å². The fourth-order valence-electron chi connectivity index (χ4n) is 1.91. The Labute approximate surface area is 121 Å². The Morgan fingerprint density at radius 2 is 1.86 bits per heavy atom. The van der Waals surface area contributed by atoms with Crippen LogP contribution in [0.2, 0.25) is 0 Å². The first-order valence-electron chi connectivity index (χ1n) is 6.33. The molecule has 0 aromatic heterocycles. The lowest BCUT2D eigenvalue weighted by Crippen LogP contribution is -2.02. The summed E-state index contributed by atoms with van der Waals surface area (Å²) in [5.41, 5.74) is 1.21. The number of halogens is 1. The molecule has 0 atom stereocenters. The molecular weight excluding hydrogens is 275 g/mol. The summed E-state index contributed by atoms with van der Waals surface area (Å²) in [4.78, 5) is 11.0. The number of hydrogen-bond acceptors (Lipinski definition) is 3. The normalized spacial score (nSPS) is 10.4.